The van der Waals surface area contributed by atoms with Gasteiger partial charge in [-0.3, -0.25) is 24.1 Å². The Hall–Kier alpha value is -2.18. The van der Waals surface area contributed by atoms with Crippen molar-refractivity contribution in [3.8, 4) is 0 Å². The molecule has 1 aliphatic heterocycles. The van der Waals surface area contributed by atoms with Crippen molar-refractivity contribution in [2.75, 3.05) is 6.54 Å². The van der Waals surface area contributed by atoms with Crippen LogP contribution in [0.1, 0.15) is 58.3 Å². The Bertz CT molecular complexity index is 610. The third-order valence-corrected chi connectivity index (χ3v) is 5.77. The monoisotopic (exact) mass is 376 g/mol. The molecule has 3 atom stereocenters. The zero-order valence-corrected chi connectivity index (χ0v) is 15.8. The molecule has 3 rings (SSSR count). The smallest absolute Gasteiger partial charge is 0.326 e. The molecule has 7 nitrogen and oxygen atoms in total. The first-order valence-corrected chi connectivity index (χ1v) is 9.97. The van der Waals surface area contributed by atoms with Gasteiger partial charge in [0.25, 0.3) is 5.91 Å². The van der Waals surface area contributed by atoms with Crippen molar-refractivity contribution in [3.63, 3.8) is 0 Å². The Balaban J connectivity index is 1.49. The molecular formula is C20H28N2O5. The fraction of sp³-hybridized carbons (Fsp3) is 0.700. The van der Waals surface area contributed by atoms with E-state index < -0.39 is 18.6 Å². The molecule has 1 saturated carbocycles. The highest BCUT2D eigenvalue weighted by atomic mass is 16.5. The molecule has 0 radical (unpaired) electrons. The van der Waals surface area contributed by atoms with Gasteiger partial charge in [0.15, 0.2) is 6.10 Å². The van der Waals surface area contributed by atoms with Crippen molar-refractivity contribution in [3.05, 3.63) is 12.2 Å². The summed E-state index contributed by atoms with van der Waals surface area (Å²) in [6.07, 6.45) is 10.4. The molecule has 27 heavy (non-hydrogen) atoms. The quantitative estimate of drug-likeness (QED) is 0.341. The molecule has 0 bridgehead atoms. The molecule has 0 aromatic carbocycles. The molecule has 3 aliphatic rings. The van der Waals surface area contributed by atoms with Crippen molar-refractivity contribution in [1.29, 1.82) is 0 Å². The largest absolute Gasteiger partial charge is 0.451 e. The van der Waals surface area contributed by atoms with Crippen LogP contribution in [0.4, 0.5) is 0 Å². The van der Waals surface area contributed by atoms with Gasteiger partial charge in [-0.05, 0) is 32.6 Å². The van der Waals surface area contributed by atoms with Crippen molar-refractivity contribution in [2.24, 2.45) is 11.8 Å². The number of carbonyl (C=O) groups excluding carboxylic acids is 4. The minimum absolute atomic E-state index is 0.124. The zero-order valence-electron chi connectivity index (χ0n) is 15.8. The summed E-state index contributed by atoms with van der Waals surface area (Å²) in [6, 6.07) is 0.124. The molecular weight excluding hydrogens is 348 g/mol. The van der Waals surface area contributed by atoms with Gasteiger partial charge in [0, 0.05) is 6.04 Å². The van der Waals surface area contributed by atoms with Crippen LogP contribution in [0.2, 0.25) is 0 Å². The number of hydrogen-bond donors (Lipinski definition) is 1. The van der Waals surface area contributed by atoms with E-state index in [0.717, 1.165) is 30.6 Å². The van der Waals surface area contributed by atoms with Crippen LogP contribution in [0.3, 0.4) is 0 Å². The third kappa shape index (κ3) is 4.57. The van der Waals surface area contributed by atoms with Gasteiger partial charge in [-0.25, -0.2) is 0 Å². The fourth-order valence-electron chi connectivity index (χ4n) is 4.18. The Morgan fingerprint density at radius 2 is 1.63 bits per heavy atom. The first-order chi connectivity index (χ1) is 13.0. The number of likely N-dealkylation sites (tertiary alicyclic amines) is 1. The van der Waals surface area contributed by atoms with E-state index in [0.29, 0.717) is 12.8 Å². The zero-order chi connectivity index (χ0) is 19.4. The number of esters is 1. The van der Waals surface area contributed by atoms with Gasteiger partial charge in [0.2, 0.25) is 11.8 Å². The summed E-state index contributed by atoms with van der Waals surface area (Å²) in [6.45, 7) is 1.09. The standard InChI is InChI=1S/C20H28N2O5/c1-13(18(24)21-14-8-4-2-3-5-9-14)27-17(23)12-22-19(25)15-10-6-7-11-16(15)20(22)26/h6-7,13-16H,2-5,8-12H2,1H3,(H,21,24)/t13-,15-,16+/m0/s1. The Labute approximate surface area is 159 Å². The van der Waals surface area contributed by atoms with Crippen molar-refractivity contribution in [1.82, 2.24) is 10.2 Å². The van der Waals surface area contributed by atoms with Crippen LogP contribution in [0.25, 0.3) is 0 Å². The second kappa shape index (κ2) is 8.67. The minimum atomic E-state index is -0.947. The SMILES string of the molecule is C[C@H](OC(=O)CN1C(=O)[C@H]2CC=CC[C@H]2C1=O)C(=O)NC1CCCCCC1. The first-order valence-electron chi connectivity index (χ1n) is 9.97. The molecule has 148 valence electrons. The highest BCUT2D eigenvalue weighted by molar-refractivity contribution is 6.07. The van der Waals surface area contributed by atoms with E-state index in [1.807, 2.05) is 12.2 Å². The van der Waals surface area contributed by atoms with Gasteiger partial charge in [-0.2, -0.15) is 0 Å². The summed E-state index contributed by atoms with van der Waals surface area (Å²) in [5.74, 6) is -2.43. The molecule has 1 saturated heterocycles. The second-order valence-electron chi connectivity index (χ2n) is 7.75. The first kappa shape index (κ1) is 19.6. The lowest BCUT2D eigenvalue weighted by Gasteiger charge is -2.20. The highest BCUT2D eigenvalue weighted by Gasteiger charge is 2.47. The third-order valence-electron chi connectivity index (χ3n) is 5.77. The van der Waals surface area contributed by atoms with Gasteiger partial charge in [-0.15, -0.1) is 0 Å². The van der Waals surface area contributed by atoms with E-state index in [9.17, 15) is 19.2 Å². The molecule has 1 heterocycles. The number of imide groups is 1. The predicted molar refractivity (Wildman–Crippen MR) is 97.3 cm³/mol. The van der Waals surface area contributed by atoms with Gasteiger partial charge in [-0.1, -0.05) is 37.8 Å². The molecule has 0 aromatic rings. The van der Waals surface area contributed by atoms with Crippen LogP contribution in [0.15, 0.2) is 12.2 Å². The number of hydrogen-bond acceptors (Lipinski definition) is 5. The van der Waals surface area contributed by atoms with Crippen molar-refractivity contribution < 1.29 is 23.9 Å². The normalized spacial score (nSPS) is 27.1. The molecule has 2 aliphatic carbocycles. The number of nitrogens with zero attached hydrogens (tertiary/aromatic N) is 1. The molecule has 2 fully saturated rings. The maximum absolute atomic E-state index is 12.4. The maximum Gasteiger partial charge on any atom is 0.326 e. The summed E-state index contributed by atoms with van der Waals surface area (Å²) < 4.78 is 5.18. The summed E-state index contributed by atoms with van der Waals surface area (Å²) >= 11 is 0. The molecule has 1 N–H and O–H groups in total. The number of fused-ring (bicyclic) bond motifs is 1. The lowest BCUT2D eigenvalue weighted by Crippen LogP contribution is -2.43. The van der Waals surface area contributed by atoms with E-state index in [4.69, 9.17) is 4.74 Å². The van der Waals surface area contributed by atoms with Crippen molar-refractivity contribution >= 4 is 23.7 Å². The van der Waals surface area contributed by atoms with Crippen LogP contribution in [-0.2, 0) is 23.9 Å². The average molecular weight is 376 g/mol. The Morgan fingerprint density at radius 1 is 1.07 bits per heavy atom. The summed E-state index contributed by atoms with van der Waals surface area (Å²) in [5.41, 5.74) is 0. The highest BCUT2D eigenvalue weighted by Crippen LogP contribution is 2.34. The van der Waals surface area contributed by atoms with Gasteiger partial charge >= 0.3 is 5.97 Å². The molecule has 0 spiro atoms. The lowest BCUT2D eigenvalue weighted by atomic mass is 9.85. The number of nitrogens with one attached hydrogen (secondary N) is 1. The molecule has 3 amide bonds. The molecule has 7 heteroatoms. The van der Waals surface area contributed by atoms with Crippen LogP contribution in [0.5, 0.6) is 0 Å². The van der Waals surface area contributed by atoms with Crippen LogP contribution >= 0.6 is 0 Å². The number of carbonyl (C=O) groups is 4. The lowest BCUT2D eigenvalue weighted by molar-refractivity contribution is -0.159. The fourth-order valence-corrected chi connectivity index (χ4v) is 4.18. The van der Waals surface area contributed by atoms with Gasteiger partial charge in [0.05, 0.1) is 11.8 Å². The van der Waals surface area contributed by atoms with Crippen LogP contribution in [-0.4, -0.2) is 47.3 Å². The van der Waals surface area contributed by atoms with E-state index in [1.165, 1.54) is 19.8 Å². The summed E-state index contributed by atoms with van der Waals surface area (Å²) in [4.78, 5) is 50.2. The minimum Gasteiger partial charge on any atom is -0.451 e. The predicted octanol–water partition coefficient (Wildman–Crippen LogP) is 1.71. The van der Waals surface area contributed by atoms with E-state index >= 15 is 0 Å². The average Bonchev–Trinajstić information content (AvgIpc) is 2.84. The molecule has 0 unspecified atom stereocenters. The number of ether oxygens (including phenoxy) is 1. The number of rotatable bonds is 5. The van der Waals surface area contributed by atoms with Crippen molar-refractivity contribution in [2.45, 2.75) is 70.4 Å². The second-order valence-corrected chi connectivity index (χ2v) is 7.75. The number of allylic oxidation sites excluding steroid dienone is 2. The van der Waals surface area contributed by atoms with Gasteiger partial charge in [0.1, 0.15) is 6.54 Å². The molecule has 0 aromatic heterocycles. The maximum atomic E-state index is 12.4. The Morgan fingerprint density at radius 3 is 2.19 bits per heavy atom. The van der Waals surface area contributed by atoms with Gasteiger partial charge < -0.3 is 10.1 Å². The van der Waals surface area contributed by atoms with E-state index in [-0.39, 0.29) is 35.6 Å². The van der Waals surface area contributed by atoms with Crippen LogP contribution < -0.4 is 5.32 Å². The summed E-state index contributed by atoms with van der Waals surface area (Å²) in [7, 11) is 0. The topological polar surface area (TPSA) is 92.8 Å². The summed E-state index contributed by atoms with van der Waals surface area (Å²) in [5, 5.41) is 2.94. The van der Waals surface area contributed by atoms with Crippen LogP contribution in [0, 0.1) is 11.8 Å². The van der Waals surface area contributed by atoms with E-state index in [1.54, 1.807) is 0 Å². The van der Waals surface area contributed by atoms with E-state index in [2.05, 4.69) is 5.32 Å². The number of amides is 3. The Kier molecular flexibility index (Phi) is 6.29.